The van der Waals surface area contributed by atoms with Crippen molar-refractivity contribution in [1.29, 1.82) is 0 Å². The Bertz CT molecular complexity index is 1660. The molecule has 4 aromatic rings. The molecule has 4 rings (SSSR count). The standard InChI is InChI=1S/C30H30ClN3O6/c1-17(2)22-14-23(18(3)11-25(22)37-4)29-33-24-10-8-7-9-21(24)30(36)34(29)32-15-19-12-20(31)13-26(38-5)28(19)40-16-27(35)39-6/h7-15,17H,16H2,1-6H3. The molecule has 0 aliphatic carbocycles. The van der Waals surface area contributed by atoms with E-state index in [1.54, 1.807) is 37.4 Å². The predicted octanol–water partition coefficient (Wildman–Crippen LogP) is 5.60. The van der Waals surface area contributed by atoms with Crippen LogP contribution in [0.2, 0.25) is 5.02 Å². The largest absolute Gasteiger partial charge is 0.496 e. The van der Waals surface area contributed by atoms with Crippen LogP contribution in [-0.2, 0) is 9.53 Å². The second-order valence-corrected chi connectivity index (χ2v) is 9.71. The van der Waals surface area contributed by atoms with E-state index in [9.17, 15) is 9.59 Å². The number of hydrogen-bond acceptors (Lipinski definition) is 8. The first-order chi connectivity index (χ1) is 19.2. The van der Waals surface area contributed by atoms with Gasteiger partial charge in [-0.3, -0.25) is 4.79 Å². The Morgan fingerprint density at radius 3 is 2.48 bits per heavy atom. The number of rotatable bonds is 9. The number of benzene rings is 3. The van der Waals surface area contributed by atoms with E-state index in [0.717, 1.165) is 22.4 Å². The van der Waals surface area contributed by atoms with Crippen LogP contribution >= 0.6 is 11.6 Å². The number of carbonyl (C=O) groups excluding carboxylic acids is 1. The van der Waals surface area contributed by atoms with Crippen molar-refractivity contribution in [3.8, 4) is 28.6 Å². The fourth-order valence-electron chi connectivity index (χ4n) is 4.27. The molecule has 0 aliphatic rings. The highest BCUT2D eigenvalue weighted by Crippen LogP contribution is 2.35. The molecule has 0 unspecified atom stereocenters. The average Bonchev–Trinajstić information content (AvgIpc) is 2.95. The number of fused-ring (bicyclic) bond motifs is 1. The molecule has 0 radical (unpaired) electrons. The molecule has 0 saturated heterocycles. The number of para-hydroxylation sites is 1. The Morgan fingerprint density at radius 2 is 1.80 bits per heavy atom. The molecular formula is C30H30ClN3O6. The van der Waals surface area contributed by atoms with Crippen molar-refractivity contribution in [1.82, 2.24) is 9.66 Å². The molecule has 0 atom stereocenters. The first-order valence-electron chi connectivity index (χ1n) is 12.5. The van der Waals surface area contributed by atoms with Crippen molar-refractivity contribution in [2.45, 2.75) is 26.7 Å². The van der Waals surface area contributed by atoms with Gasteiger partial charge in [-0.1, -0.05) is 37.6 Å². The van der Waals surface area contributed by atoms with Gasteiger partial charge in [0, 0.05) is 22.2 Å². The Hall–Kier alpha value is -4.37. The number of halogens is 1. The minimum absolute atomic E-state index is 0.159. The molecule has 0 fully saturated rings. The van der Waals surface area contributed by atoms with E-state index in [1.807, 2.05) is 25.1 Å². The van der Waals surface area contributed by atoms with Gasteiger partial charge in [-0.2, -0.15) is 9.78 Å². The van der Waals surface area contributed by atoms with E-state index in [4.69, 9.17) is 30.8 Å². The molecule has 1 aromatic heterocycles. The van der Waals surface area contributed by atoms with Gasteiger partial charge in [0.15, 0.2) is 23.9 Å². The summed E-state index contributed by atoms with van der Waals surface area (Å²) >= 11 is 6.32. The average molecular weight is 564 g/mol. The second-order valence-electron chi connectivity index (χ2n) is 9.27. The highest BCUT2D eigenvalue weighted by atomic mass is 35.5. The quantitative estimate of drug-likeness (QED) is 0.193. The van der Waals surface area contributed by atoms with Crippen LogP contribution < -0.4 is 19.8 Å². The summed E-state index contributed by atoms with van der Waals surface area (Å²) < 4.78 is 22.7. The van der Waals surface area contributed by atoms with Crippen LogP contribution in [0.15, 0.2) is 58.4 Å². The molecule has 0 bridgehead atoms. The zero-order chi connectivity index (χ0) is 29.0. The number of nitrogens with zero attached hydrogens (tertiary/aromatic N) is 3. The monoisotopic (exact) mass is 563 g/mol. The SMILES string of the molecule is COC(=O)COc1c(C=Nn2c(-c3cc(C(C)C)c(OC)cc3C)nc3ccccc3c2=O)cc(Cl)cc1OC. The van der Waals surface area contributed by atoms with Gasteiger partial charge in [-0.25, -0.2) is 9.78 Å². The lowest BCUT2D eigenvalue weighted by Crippen LogP contribution is -2.21. The summed E-state index contributed by atoms with van der Waals surface area (Å²) in [7, 11) is 4.35. The lowest BCUT2D eigenvalue weighted by molar-refractivity contribution is -0.142. The van der Waals surface area contributed by atoms with Crippen LogP contribution in [0.25, 0.3) is 22.3 Å². The minimum Gasteiger partial charge on any atom is -0.496 e. The van der Waals surface area contributed by atoms with Crippen molar-refractivity contribution < 1.29 is 23.7 Å². The van der Waals surface area contributed by atoms with E-state index >= 15 is 0 Å². The smallest absolute Gasteiger partial charge is 0.343 e. The maximum Gasteiger partial charge on any atom is 0.343 e. The molecule has 3 aromatic carbocycles. The summed E-state index contributed by atoms with van der Waals surface area (Å²) in [6.45, 7) is 5.70. The van der Waals surface area contributed by atoms with Gasteiger partial charge in [0.05, 0.1) is 38.4 Å². The summed E-state index contributed by atoms with van der Waals surface area (Å²) in [5.74, 6) is 1.20. The summed E-state index contributed by atoms with van der Waals surface area (Å²) in [5, 5.41) is 5.31. The number of carbonyl (C=O) groups is 1. The van der Waals surface area contributed by atoms with Gasteiger partial charge in [0.2, 0.25) is 0 Å². The zero-order valence-corrected chi connectivity index (χ0v) is 23.9. The lowest BCUT2D eigenvalue weighted by atomic mass is 9.96. The summed E-state index contributed by atoms with van der Waals surface area (Å²) in [4.78, 5) is 30.4. The second kappa shape index (κ2) is 12.2. The van der Waals surface area contributed by atoms with E-state index in [0.29, 0.717) is 27.3 Å². The molecule has 208 valence electrons. The van der Waals surface area contributed by atoms with Crippen LogP contribution in [-0.4, -0.2) is 49.8 Å². The summed E-state index contributed by atoms with van der Waals surface area (Å²) in [6.07, 6.45) is 1.42. The highest BCUT2D eigenvalue weighted by molar-refractivity contribution is 6.31. The molecule has 9 nitrogen and oxygen atoms in total. The molecule has 40 heavy (non-hydrogen) atoms. The van der Waals surface area contributed by atoms with Crippen molar-refractivity contribution in [3.63, 3.8) is 0 Å². The number of aryl methyl sites for hydroxylation is 1. The van der Waals surface area contributed by atoms with Crippen molar-refractivity contribution >= 4 is 34.7 Å². The van der Waals surface area contributed by atoms with Gasteiger partial charge in [0.1, 0.15) is 5.75 Å². The third-order valence-corrected chi connectivity index (χ3v) is 6.55. The van der Waals surface area contributed by atoms with E-state index < -0.39 is 5.97 Å². The van der Waals surface area contributed by atoms with E-state index in [-0.39, 0.29) is 29.6 Å². The molecule has 0 saturated carbocycles. The van der Waals surface area contributed by atoms with Crippen molar-refractivity contribution in [3.05, 3.63) is 80.6 Å². The van der Waals surface area contributed by atoms with Crippen LogP contribution in [0, 0.1) is 6.92 Å². The number of hydrogen-bond donors (Lipinski definition) is 0. The van der Waals surface area contributed by atoms with E-state index in [1.165, 1.54) is 25.1 Å². The molecule has 10 heteroatoms. The maximum atomic E-state index is 13.8. The lowest BCUT2D eigenvalue weighted by Gasteiger charge is -2.17. The highest BCUT2D eigenvalue weighted by Gasteiger charge is 2.19. The fraction of sp³-hybridized carbons (Fsp3) is 0.267. The van der Waals surface area contributed by atoms with Crippen molar-refractivity contribution in [2.24, 2.45) is 5.10 Å². The minimum atomic E-state index is -0.576. The third kappa shape index (κ3) is 5.79. The molecule has 0 spiro atoms. The molecular weight excluding hydrogens is 534 g/mol. The van der Waals surface area contributed by atoms with Gasteiger partial charge in [-0.15, -0.1) is 0 Å². The van der Waals surface area contributed by atoms with Crippen LogP contribution in [0.1, 0.15) is 36.5 Å². The summed E-state index contributed by atoms with van der Waals surface area (Å²) in [6, 6.07) is 14.1. The van der Waals surface area contributed by atoms with Gasteiger partial charge >= 0.3 is 5.97 Å². The van der Waals surface area contributed by atoms with Crippen LogP contribution in [0.5, 0.6) is 17.2 Å². The third-order valence-electron chi connectivity index (χ3n) is 6.34. The van der Waals surface area contributed by atoms with Gasteiger partial charge in [0.25, 0.3) is 5.56 Å². The van der Waals surface area contributed by atoms with Crippen LogP contribution in [0.4, 0.5) is 0 Å². The molecule has 0 N–H and O–H groups in total. The predicted molar refractivity (Wildman–Crippen MR) is 155 cm³/mol. The number of aromatic nitrogens is 2. The first-order valence-corrected chi connectivity index (χ1v) is 12.9. The van der Waals surface area contributed by atoms with Crippen LogP contribution in [0.3, 0.4) is 0 Å². The summed E-state index contributed by atoms with van der Waals surface area (Å²) in [5.41, 5.74) is 3.13. The number of esters is 1. The van der Waals surface area contributed by atoms with Crippen molar-refractivity contribution in [2.75, 3.05) is 27.9 Å². The molecule has 1 heterocycles. The van der Waals surface area contributed by atoms with Gasteiger partial charge in [-0.05, 0) is 54.3 Å². The first kappa shape index (κ1) is 28.6. The molecule has 0 amide bonds. The normalized spacial score (nSPS) is 11.3. The number of methoxy groups -OCH3 is 3. The molecule has 0 aliphatic heterocycles. The Balaban J connectivity index is 1.96. The Labute approximate surface area is 236 Å². The Kier molecular flexibility index (Phi) is 8.74. The topological polar surface area (TPSA) is 101 Å². The van der Waals surface area contributed by atoms with E-state index in [2.05, 4.69) is 23.7 Å². The maximum absolute atomic E-state index is 13.8. The Morgan fingerprint density at radius 1 is 1.07 bits per heavy atom. The number of ether oxygens (including phenoxy) is 4. The fourth-order valence-corrected chi connectivity index (χ4v) is 4.49. The zero-order valence-electron chi connectivity index (χ0n) is 23.1. The van der Waals surface area contributed by atoms with Gasteiger partial charge < -0.3 is 18.9 Å².